The number of benzene rings is 2. The van der Waals surface area contributed by atoms with Crippen LogP contribution in [0, 0.1) is 6.92 Å². The topological polar surface area (TPSA) is 64.4 Å². The van der Waals surface area contributed by atoms with E-state index in [1.807, 2.05) is 0 Å². The maximum Gasteiger partial charge on any atom is 0.435 e. The Labute approximate surface area is 197 Å². The highest BCUT2D eigenvalue weighted by molar-refractivity contribution is 6.34. The number of alkyl halides is 3. The molecule has 33 heavy (non-hydrogen) atoms. The standard InChI is InChI=1S/C23H16Cl2F3N3O2/c1-13-4-15(2-3-19(13)21(32)5-14-10-29-12-30-11-14)20-9-22(33-31-20,23(26,27)28)16-6-17(24)8-18(25)7-16/h2-4,6-8,10-12H,5,9H2,1H3. The maximum absolute atomic E-state index is 14.2. The summed E-state index contributed by atoms with van der Waals surface area (Å²) < 4.78 is 42.5. The van der Waals surface area contributed by atoms with Crippen molar-refractivity contribution in [2.75, 3.05) is 0 Å². The molecule has 1 aliphatic heterocycles. The molecule has 1 atom stereocenters. The van der Waals surface area contributed by atoms with Gasteiger partial charge in [-0.25, -0.2) is 9.97 Å². The normalized spacial score (nSPS) is 18.1. The van der Waals surface area contributed by atoms with E-state index in [1.54, 1.807) is 37.5 Å². The molecule has 0 N–H and O–H groups in total. The van der Waals surface area contributed by atoms with E-state index in [0.717, 1.165) is 0 Å². The molecule has 0 amide bonds. The molecule has 0 saturated carbocycles. The third kappa shape index (κ3) is 4.58. The number of halogens is 5. The lowest BCUT2D eigenvalue weighted by Crippen LogP contribution is -2.42. The number of hydrogen-bond acceptors (Lipinski definition) is 5. The van der Waals surface area contributed by atoms with Gasteiger partial charge in [-0.2, -0.15) is 13.2 Å². The van der Waals surface area contributed by atoms with E-state index in [1.165, 1.54) is 24.5 Å². The Hall–Kier alpha value is -2.97. The summed E-state index contributed by atoms with van der Waals surface area (Å²) in [5, 5.41) is 3.87. The van der Waals surface area contributed by atoms with E-state index < -0.39 is 18.2 Å². The van der Waals surface area contributed by atoms with Crippen LogP contribution in [0.1, 0.15) is 39.0 Å². The van der Waals surface area contributed by atoms with Crippen molar-refractivity contribution < 1.29 is 22.8 Å². The van der Waals surface area contributed by atoms with Crippen LogP contribution in [0.4, 0.5) is 13.2 Å². The van der Waals surface area contributed by atoms with E-state index in [9.17, 15) is 18.0 Å². The molecular weight excluding hydrogens is 478 g/mol. The Morgan fingerprint density at radius 2 is 1.76 bits per heavy atom. The second-order valence-electron chi connectivity index (χ2n) is 7.67. The van der Waals surface area contributed by atoms with E-state index in [4.69, 9.17) is 28.0 Å². The van der Waals surface area contributed by atoms with Crippen molar-refractivity contribution >= 4 is 34.7 Å². The highest BCUT2D eigenvalue weighted by atomic mass is 35.5. The third-order valence-corrected chi connectivity index (χ3v) is 5.79. The first-order chi connectivity index (χ1) is 15.6. The van der Waals surface area contributed by atoms with Crippen molar-refractivity contribution in [3.8, 4) is 0 Å². The van der Waals surface area contributed by atoms with Gasteiger partial charge in [0.05, 0.1) is 5.71 Å². The van der Waals surface area contributed by atoms with Crippen LogP contribution in [0.25, 0.3) is 0 Å². The van der Waals surface area contributed by atoms with Gasteiger partial charge in [0.2, 0.25) is 0 Å². The van der Waals surface area contributed by atoms with Crippen molar-refractivity contribution in [3.05, 3.63) is 93.0 Å². The highest BCUT2D eigenvalue weighted by Crippen LogP contribution is 2.49. The molecular formula is C23H16Cl2F3N3O2. The Kier molecular flexibility index (Phi) is 6.16. The minimum atomic E-state index is -4.78. The van der Waals surface area contributed by atoms with Gasteiger partial charge in [-0.05, 0) is 47.9 Å². The molecule has 0 spiro atoms. The number of carbonyl (C=O) groups excluding carboxylic acids is 1. The van der Waals surface area contributed by atoms with E-state index in [0.29, 0.717) is 22.3 Å². The molecule has 0 bridgehead atoms. The van der Waals surface area contributed by atoms with Crippen molar-refractivity contribution in [1.82, 2.24) is 9.97 Å². The minimum Gasteiger partial charge on any atom is -0.374 e. The average Bonchev–Trinajstić information content (AvgIpc) is 3.21. The first-order valence-electron chi connectivity index (χ1n) is 9.75. The van der Waals surface area contributed by atoms with Gasteiger partial charge in [-0.15, -0.1) is 0 Å². The predicted octanol–water partition coefficient (Wildman–Crippen LogP) is 6.10. The second kappa shape index (κ2) is 8.76. The lowest BCUT2D eigenvalue weighted by Gasteiger charge is -2.29. The molecule has 2 aromatic carbocycles. The summed E-state index contributed by atoms with van der Waals surface area (Å²) in [6.45, 7) is 1.71. The number of hydrogen-bond donors (Lipinski definition) is 0. The molecule has 2 heterocycles. The predicted molar refractivity (Wildman–Crippen MR) is 118 cm³/mol. The van der Waals surface area contributed by atoms with Crippen LogP contribution in [0.3, 0.4) is 0 Å². The van der Waals surface area contributed by atoms with Gasteiger partial charge >= 0.3 is 6.18 Å². The number of rotatable bonds is 5. The number of aryl methyl sites for hydroxylation is 1. The monoisotopic (exact) mass is 493 g/mol. The van der Waals surface area contributed by atoms with Gasteiger partial charge in [0.1, 0.15) is 6.33 Å². The van der Waals surface area contributed by atoms with E-state index in [2.05, 4.69) is 15.1 Å². The van der Waals surface area contributed by atoms with Crippen LogP contribution in [-0.2, 0) is 16.9 Å². The summed E-state index contributed by atoms with van der Waals surface area (Å²) in [5.41, 5.74) is -0.715. The maximum atomic E-state index is 14.2. The van der Waals surface area contributed by atoms with Crippen molar-refractivity contribution in [3.63, 3.8) is 0 Å². The third-order valence-electron chi connectivity index (χ3n) is 5.35. The number of carbonyl (C=O) groups is 1. The Bertz CT molecular complexity index is 1230. The Morgan fingerprint density at radius 1 is 1.09 bits per heavy atom. The molecule has 0 radical (unpaired) electrons. The molecule has 3 aromatic rings. The zero-order chi connectivity index (χ0) is 23.8. The van der Waals surface area contributed by atoms with E-state index in [-0.39, 0.29) is 33.5 Å². The van der Waals surface area contributed by atoms with Crippen LogP contribution < -0.4 is 0 Å². The molecule has 10 heteroatoms. The Morgan fingerprint density at radius 3 is 2.36 bits per heavy atom. The smallest absolute Gasteiger partial charge is 0.374 e. The zero-order valence-corrected chi connectivity index (χ0v) is 18.7. The summed E-state index contributed by atoms with van der Waals surface area (Å²) in [4.78, 5) is 25.5. The van der Waals surface area contributed by atoms with Gasteiger partial charge in [-0.1, -0.05) is 40.5 Å². The summed E-state index contributed by atoms with van der Waals surface area (Å²) in [7, 11) is 0. The number of oxime groups is 1. The van der Waals surface area contributed by atoms with Gasteiger partial charge in [-0.3, -0.25) is 4.79 Å². The first-order valence-corrected chi connectivity index (χ1v) is 10.5. The SMILES string of the molecule is Cc1cc(C2=NOC(c3cc(Cl)cc(Cl)c3)(C(F)(F)F)C2)ccc1C(=O)Cc1cncnc1. The van der Waals surface area contributed by atoms with Crippen LogP contribution in [-0.4, -0.2) is 27.6 Å². The van der Waals surface area contributed by atoms with E-state index >= 15 is 0 Å². The second-order valence-corrected chi connectivity index (χ2v) is 8.54. The number of Topliss-reactive ketones (excluding diaryl/α,β-unsaturated/α-hetero) is 1. The fourth-order valence-electron chi connectivity index (χ4n) is 3.70. The highest BCUT2D eigenvalue weighted by Gasteiger charge is 2.62. The first kappa shape index (κ1) is 23.2. The lowest BCUT2D eigenvalue weighted by molar-refractivity contribution is -0.275. The van der Waals surface area contributed by atoms with Crippen LogP contribution in [0.2, 0.25) is 10.0 Å². The number of nitrogens with zero attached hydrogens (tertiary/aromatic N) is 3. The molecule has 170 valence electrons. The quantitative estimate of drug-likeness (QED) is 0.402. The largest absolute Gasteiger partial charge is 0.435 e. The molecule has 0 saturated heterocycles. The molecule has 5 nitrogen and oxygen atoms in total. The van der Waals surface area contributed by atoms with Crippen molar-refractivity contribution in [2.45, 2.75) is 31.5 Å². The van der Waals surface area contributed by atoms with Crippen LogP contribution in [0.15, 0.2) is 60.3 Å². The van der Waals surface area contributed by atoms with Crippen molar-refractivity contribution in [2.24, 2.45) is 5.16 Å². The Balaban J connectivity index is 1.61. The van der Waals surface area contributed by atoms with Gasteiger partial charge in [0.25, 0.3) is 5.60 Å². The lowest BCUT2D eigenvalue weighted by atomic mass is 9.86. The summed E-state index contributed by atoms with van der Waals surface area (Å²) in [6, 6.07) is 8.42. The fourth-order valence-corrected chi connectivity index (χ4v) is 4.23. The molecule has 4 rings (SSSR count). The van der Waals surface area contributed by atoms with Crippen LogP contribution >= 0.6 is 23.2 Å². The summed E-state index contributed by atoms with van der Waals surface area (Å²) in [5.74, 6) is -0.156. The average molecular weight is 494 g/mol. The molecule has 0 aliphatic carbocycles. The van der Waals surface area contributed by atoms with Crippen molar-refractivity contribution in [1.29, 1.82) is 0 Å². The minimum absolute atomic E-state index is 0.0562. The number of ketones is 1. The van der Waals surface area contributed by atoms with Gasteiger partial charge < -0.3 is 4.84 Å². The van der Waals surface area contributed by atoms with Gasteiger partial charge in [0, 0.05) is 46.4 Å². The molecule has 0 fully saturated rings. The molecule has 1 aromatic heterocycles. The summed E-state index contributed by atoms with van der Waals surface area (Å²) in [6.07, 6.45) is -0.763. The van der Waals surface area contributed by atoms with Crippen LogP contribution in [0.5, 0.6) is 0 Å². The number of aromatic nitrogens is 2. The van der Waals surface area contributed by atoms with Gasteiger partial charge in [0.15, 0.2) is 5.78 Å². The summed E-state index contributed by atoms with van der Waals surface area (Å²) >= 11 is 11.9. The molecule has 1 aliphatic rings. The molecule has 1 unspecified atom stereocenters. The fraction of sp³-hybridized carbons (Fsp3) is 0.217. The zero-order valence-electron chi connectivity index (χ0n) is 17.2.